The van der Waals surface area contributed by atoms with Gasteiger partial charge in [-0.1, -0.05) is 0 Å². The number of pyridine rings is 1. The zero-order chi connectivity index (χ0) is 25.9. The molecule has 1 aliphatic rings. The van der Waals surface area contributed by atoms with Crippen LogP contribution >= 0.6 is 11.8 Å². The number of methoxy groups -OCH3 is 2. The van der Waals surface area contributed by atoms with Gasteiger partial charge >= 0.3 is 0 Å². The quantitative estimate of drug-likeness (QED) is 0.422. The lowest BCUT2D eigenvalue weighted by Gasteiger charge is -2.33. The monoisotopic (exact) mass is 517 g/mol. The molecular formula is C25H31N3O7S. The van der Waals surface area contributed by atoms with Gasteiger partial charge in [0, 0.05) is 25.5 Å². The fourth-order valence-electron chi connectivity index (χ4n) is 3.62. The molecule has 2 aromatic rings. The highest BCUT2D eigenvalue weighted by atomic mass is 32.2. The number of amides is 2. The maximum Gasteiger partial charge on any atom is 0.232 e. The number of thioether (sulfide) groups is 1. The summed E-state index contributed by atoms with van der Waals surface area (Å²) in [6.45, 7) is 3.16. The van der Waals surface area contributed by atoms with Gasteiger partial charge in [0.25, 0.3) is 0 Å². The molecule has 1 aromatic carbocycles. The third-order valence-electron chi connectivity index (χ3n) is 5.48. The van der Waals surface area contributed by atoms with Crippen molar-refractivity contribution in [2.45, 2.75) is 19.6 Å². The minimum absolute atomic E-state index is 0.0707. The first-order chi connectivity index (χ1) is 17.4. The molecule has 11 heteroatoms. The topological polar surface area (TPSA) is 116 Å². The summed E-state index contributed by atoms with van der Waals surface area (Å²) in [5.74, 6) is 1.06. The number of ether oxygens (including phenoxy) is 4. The number of rotatable bonds is 12. The van der Waals surface area contributed by atoms with Crippen LogP contribution in [-0.4, -0.2) is 85.6 Å². The van der Waals surface area contributed by atoms with E-state index in [1.807, 2.05) is 12.1 Å². The number of nitrogens with zero attached hydrogens (tertiary/aromatic N) is 2. The second-order valence-electron chi connectivity index (χ2n) is 8.00. The van der Waals surface area contributed by atoms with Crippen LogP contribution in [0.5, 0.6) is 17.2 Å². The molecule has 1 N–H and O–H groups in total. The zero-order valence-electron chi connectivity index (χ0n) is 20.7. The van der Waals surface area contributed by atoms with Crippen molar-refractivity contribution in [1.29, 1.82) is 0 Å². The number of carbonyl (C=O) groups is 3. The van der Waals surface area contributed by atoms with Gasteiger partial charge in [-0.15, -0.1) is 11.8 Å². The normalized spacial score (nSPS) is 15.2. The van der Waals surface area contributed by atoms with Crippen LogP contribution in [0.1, 0.15) is 22.8 Å². The Kier molecular flexibility index (Phi) is 10.4. The van der Waals surface area contributed by atoms with Crippen molar-refractivity contribution in [3.63, 3.8) is 0 Å². The van der Waals surface area contributed by atoms with E-state index in [9.17, 15) is 14.4 Å². The highest BCUT2D eigenvalue weighted by Crippen LogP contribution is 2.40. The van der Waals surface area contributed by atoms with Crippen LogP contribution in [0.25, 0.3) is 0 Å². The Hall–Kier alpha value is -3.31. The Morgan fingerprint density at radius 1 is 1.11 bits per heavy atom. The molecular weight excluding hydrogens is 486 g/mol. The molecule has 10 nitrogen and oxygen atoms in total. The van der Waals surface area contributed by atoms with E-state index in [0.717, 1.165) is 5.56 Å². The van der Waals surface area contributed by atoms with Gasteiger partial charge in [-0.05, 0) is 36.8 Å². The molecule has 1 unspecified atom stereocenters. The molecule has 1 atom stereocenters. The van der Waals surface area contributed by atoms with Gasteiger partial charge in [-0.3, -0.25) is 19.4 Å². The molecule has 3 rings (SSSR count). The van der Waals surface area contributed by atoms with E-state index in [2.05, 4.69) is 10.3 Å². The molecule has 2 amide bonds. The first kappa shape index (κ1) is 27.3. The first-order valence-electron chi connectivity index (χ1n) is 11.4. The lowest BCUT2D eigenvalue weighted by molar-refractivity contribution is -0.137. The summed E-state index contributed by atoms with van der Waals surface area (Å²) in [7, 11) is 2.98. The summed E-state index contributed by atoms with van der Waals surface area (Å²) in [6.07, 6.45) is 2.96. The average Bonchev–Trinajstić information content (AvgIpc) is 2.90. The van der Waals surface area contributed by atoms with Crippen LogP contribution in [0.15, 0.2) is 36.7 Å². The number of benzene rings is 1. The molecule has 0 aliphatic carbocycles. The molecule has 0 radical (unpaired) electrons. The van der Waals surface area contributed by atoms with E-state index in [1.54, 1.807) is 29.4 Å². The number of Topliss-reactive ketones (excluding diaryl/α,β-unsaturated/α-hetero) is 1. The van der Waals surface area contributed by atoms with E-state index >= 15 is 0 Å². The van der Waals surface area contributed by atoms with Crippen molar-refractivity contribution in [1.82, 2.24) is 15.2 Å². The van der Waals surface area contributed by atoms with Crippen LogP contribution in [-0.2, 0) is 20.9 Å². The molecule has 2 heterocycles. The van der Waals surface area contributed by atoms with Crippen molar-refractivity contribution in [2.24, 2.45) is 0 Å². The number of morpholine rings is 1. The first-order valence-corrected chi connectivity index (χ1v) is 12.6. The Bertz CT molecular complexity index is 1050. The number of hydrogen-bond acceptors (Lipinski definition) is 9. The van der Waals surface area contributed by atoms with E-state index in [1.165, 1.54) is 32.9 Å². The van der Waals surface area contributed by atoms with Crippen LogP contribution in [0, 0.1) is 0 Å². The number of carbonyl (C=O) groups excluding carboxylic acids is 3. The van der Waals surface area contributed by atoms with Crippen molar-refractivity contribution >= 4 is 29.4 Å². The Morgan fingerprint density at radius 2 is 1.89 bits per heavy atom. The number of aromatic nitrogens is 1. The predicted octanol–water partition coefficient (Wildman–Crippen LogP) is 1.96. The minimum atomic E-state index is -0.382. The maximum atomic E-state index is 12.7. The smallest absolute Gasteiger partial charge is 0.232 e. The summed E-state index contributed by atoms with van der Waals surface area (Å²) >= 11 is 1.27. The highest BCUT2D eigenvalue weighted by molar-refractivity contribution is 8.00. The van der Waals surface area contributed by atoms with Gasteiger partial charge in [-0.25, -0.2) is 0 Å². The predicted molar refractivity (Wildman–Crippen MR) is 135 cm³/mol. The van der Waals surface area contributed by atoms with Gasteiger partial charge in [0.15, 0.2) is 17.3 Å². The zero-order valence-corrected chi connectivity index (χ0v) is 21.5. The molecule has 1 fully saturated rings. The average molecular weight is 518 g/mol. The SMILES string of the molecule is COc1ccc(C(C)=O)c(OCC2CN(C(=O)CSCC(=O)NCc3ccncc3)CCO2)c1OC. The standard InChI is InChI=1S/C25H31N3O7S/c1-17(29)20-4-5-21(32-2)25(33-3)24(20)35-14-19-13-28(10-11-34-19)23(31)16-36-15-22(30)27-12-18-6-8-26-9-7-18/h4-9,19H,10-16H2,1-3H3,(H,27,30). The Morgan fingerprint density at radius 3 is 2.58 bits per heavy atom. The maximum absolute atomic E-state index is 12.7. The number of nitrogens with one attached hydrogen (secondary N) is 1. The molecule has 1 saturated heterocycles. The summed E-state index contributed by atoms with van der Waals surface area (Å²) in [6, 6.07) is 6.94. The Labute approximate surface area is 214 Å². The van der Waals surface area contributed by atoms with E-state index in [-0.39, 0.29) is 47.6 Å². The van der Waals surface area contributed by atoms with E-state index in [0.29, 0.717) is 43.3 Å². The lowest BCUT2D eigenvalue weighted by Crippen LogP contribution is -2.48. The summed E-state index contributed by atoms with van der Waals surface area (Å²) in [5, 5.41) is 2.83. The summed E-state index contributed by atoms with van der Waals surface area (Å²) < 4.78 is 22.5. The molecule has 0 bridgehead atoms. The van der Waals surface area contributed by atoms with Gasteiger partial charge in [0.2, 0.25) is 17.6 Å². The van der Waals surface area contributed by atoms with Crippen LogP contribution in [0.2, 0.25) is 0 Å². The van der Waals surface area contributed by atoms with Gasteiger partial charge in [0.1, 0.15) is 12.7 Å². The second-order valence-corrected chi connectivity index (χ2v) is 8.99. The largest absolute Gasteiger partial charge is 0.493 e. The minimum Gasteiger partial charge on any atom is -0.493 e. The van der Waals surface area contributed by atoms with Gasteiger partial charge < -0.3 is 29.2 Å². The fourth-order valence-corrected chi connectivity index (χ4v) is 4.36. The molecule has 0 spiro atoms. The summed E-state index contributed by atoms with van der Waals surface area (Å²) in [5.41, 5.74) is 1.33. The molecule has 36 heavy (non-hydrogen) atoms. The third kappa shape index (κ3) is 7.59. The van der Waals surface area contributed by atoms with Gasteiger partial charge in [0.05, 0.1) is 44.4 Å². The van der Waals surface area contributed by atoms with E-state index < -0.39 is 0 Å². The van der Waals surface area contributed by atoms with Crippen LogP contribution in [0.4, 0.5) is 0 Å². The third-order valence-corrected chi connectivity index (χ3v) is 6.40. The van der Waals surface area contributed by atoms with E-state index in [4.69, 9.17) is 18.9 Å². The molecule has 1 aliphatic heterocycles. The van der Waals surface area contributed by atoms with Crippen molar-refractivity contribution < 1.29 is 33.3 Å². The van der Waals surface area contributed by atoms with Crippen molar-refractivity contribution in [2.75, 3.05) is 52.0 Å². The van der Waals surface area contributed by atoms with Crippen LogP contribution in [0.3, 0.4) is 0 Å². The molecule has 1 aromatic heterocycles. The van der Waals surface area contributed by atoms with Crippen LogP contribution < -0.4 is 19.5 Å². The van der Waals surface area contributed by atoms with Crippen molar-refractivity contribution in [3.05, 3.63) is 47.8 Å². The number of ketones is 1. The van der Waals surface area contributed by atoms with Crippen molar-refractivity contribution in [3.8, 4) is 17.2 Å². The fraction of sp³-hybridized carbons (Fsp3) is 0.440. The number of hydrogen-bond donors (Lipinski definition) is 1. The lowest BCUT2D eigenvalue weighted by atomic mass is 10.1. The van der Waals surface area contributed by atoms with Gasteiger partial charge in [-0.2, -0.15) is 0 Å². The second kappa shape index (κ2) is 13.7. The molecule has 0 saturated carbocycles. The Balaban J connectivity index is 1.47. The molecule has 194 valence electrons. The summed E-state index contributed by atoms with van der Waals surface area (Å²) in [4.78, 5) is 42.5. The highest BCUT2D eigenvalue weighted by Gasteiger charge is 2.26.